The van der Waals surface area contributed by atoms with Crippen LogP contribution in [-0.2, 0) is 35.3 Å². The number of nitrogens with one attached hydrogen (secondary N) is 1. The minimum atomic E-state index is -4.56. The van der Waals surface area contributed by atoms with Crippen molar-refractivity contribution in [1.29, 1.82) is 0 Å². The summed E-state index contributed by atoms with van der Waals surface area (Å²) < 4.78 is 40.0. The molecule has 0 saturated carbocycles. The number of carbonyl (C=O) groups excluding carboxylic acids is 1. The zero-order chi connectivity index (χ0) is 21.6. The second-order valence-electron chi connectivity index (χ2n) is 7.32. The van der Waals surface area contributed by atoms with Gasteiger partial charge in [-0.05, 0) is 18.4 Å². The van der Waals surface area contributed by atoms with E-state index in [1.807, 2.05) is 30.3 Å². The van der Waals surface area contributed by atoms with E-state index in [4.69, 9.17) is 4.84 Å². The molecule has 1 amide bonds. The van der Waals surface area contributed by atoms with Crippen LogP contribution in [0.3, 0.4) is 0 Å². The van der Waals surface area contributed by atoms with Gasteiger partial charge < -0.3 is 14.3 Å². The van der Waals surface area contributed by atoms with Gasteiger partial charge in [0.15, 0.2) is 5.82 Å². The molecular weight excluding hydrogens is 399 g/mol. The Morgan fingerprint density at radius 3 is 2.70 bits per heavy atom. The van der Waals surface area contributed by atoms with Crippen LogP contribution in [0.15, 0.2) is 30.3 Å². The van der Waals surface area contributed by atoms with Gasteiger partial charge in [0.2, 0.25) is 11.7 Å². The van der Waals surface area contributed by atoms with Crippen molar-refractivity contribution in [2.75, 3.05) is 13.2 Å². The predicted octanol–water partition coefficient (Wildman–Crippen LogP) is 2.96. The van der Waals surface area contributed by atoms with Gasteiger partial charge in [-0.25, -0.2) is 0 Å². The zero-order valence-corrected chi connectivity index (χ0v) is 16.9. The van der Waals surface area contributed by atoms with Crippen molar-refractivity contribution in [3.8, 4) is 0 Å². The molecule has 7 nitrogen and oxygen atoms in total. The van der Waals surface area contributed by atoms with Gasteiger partial charge in [0.1, 0.15) is 0 Å². The number of unbranched alkanes of at least 4 members (excludes halogenated alkanes) is 1. The molecule has 3 rings (SSSR count). The average molecular weight is 425 g/mol. The largest absolute Gasteiger partial charge is 0.451 e. The van der Waals surface area contributed by atoms with Crippen LogP contribution in [0.1, 0.15) is 43.4 Å². The minimum absolute atomic E-state index is 0.0106. The van der Waals surface area contributed by atoms with E-state index in [2.05, 4.69) is 22.6 Å². The van der Waals surface area contributed by atoms with Crippen LogP contribution in [0.4, 0.5) is 13.2 Å². The third-order valence-corrected chi connectivity index (χ3v) is 4.96. The molecule has 0 aliphatic carbocycles. The molecule has 0 bridgehead atoms. The number of hydroxylamine groups is 1. The predicted molar refractivity (Wildman–Crippen MR) is 103 cm³/mol. The summed E-state index contributed by atoms with van der Waals surface area (Å²) in [5.74, 6) is -1.03. The normalized spacial score (nSPS) is 15.1. The second-order valence-corrected chi connectivity index (χ2v) is 7.32. The summed E-state index contributed by atoms with van der Waals surface area (Å²) in [6, 6.07) is 9.50. The Labute approximate surface area is 173 Å². The highest BCUT2D eigenvalue weighted by Crippen LogP contribution is 2.29. The summed E-state index contributed by atoms with van der Waals surface area (Å²) in [5.41, 5.74) is 4.05. The molecule has 1 N–H and O–H groups in total. The molecule has 1 aliphatic heterocycles. The van der Waals surface area contributed by atoms with E-state index in [9.17, 15) is 18.0 Å². The van der Waals surface area contributed by atoms with Gasteiger partial charge in [-0.1, -0.05) is 43.7 Å². The first-order chi connectivity index (χ1) is 14.4. The molecule has 1 aromatic heterocycles. The van der Waals surface area contributed by atoms with Gasteiger partial charge in [0.25, 0.3) is 0 Å². The van der Waals surface area contributed by atoms with Crippen molar-refractivity contribution >= 4 is 5.91 Å². The van der Waals surface area contributed by atoms with Crippen LogP contribution < -0.4 is 5.48 Å². The highest BCUT2D eigenvalue weighted by atomic mass is 19.4. The number of benzene rings is 1. The number of carbonyl (C=O) groups is 1. The standard InChI is InChI=1S/C20H26F3N5O2/c1-2-3-11-30-26-16(12-15-7-5-4-6-8-15)13-18(29)27-9-10-28-17(14-27)24-25-19(28)20(21,22)23/h4-8,16,26H,2-3,9-14H2,1H3/t16-/m1/s1. The summed E-state index contributed by atoms with van der Waals surface area (Å²) in [4.78, 5) is 19.9. The lowest BCUT2D eigenvalue weighted by Crippen LogP contribution is -2.43. The van der Waals surface area contributed by atoms with E-state index in [0.717, 1.165) is 23.0 Å². The molecule has 0 unspecified atom stereocenters. The van der Waals surface area contributed by atoms with Crippen LogP contribution in [-0.4, -0.2) is 44.8 Å². The molecule has 0 fully saturated rings. The van der Waals surface area contributed by atoms with E-state index in [-0.39, 0.29) is 43.8 Å². The number of alkyl halides is 3. The topological polar surface area (TPSA) is 72.3 Å². The molecule has 164 valence electrons. The Balaban J connectivity index is 1.62. The lowest BCUT2D eigenvalue weighted by Gasteiger charge is -2.29. The fraction of sp³-hybridized carbons (Fsp3) is 0.550. The lowest BCUT2D eigenvalue weighted by atomic mass is 10.0. The first kappa shape index (κ1) is 22.2. The Morgan fingerprint density at radius 1 is 1.23 bits per heavy atom. The van der Waals surface area contributed by atoms with Crippen LogP contribution in [0.25, 0.3) is 0 Å². The average Bonchev–Trinajstić information content (AvgIpc) is 3.15. The van der Waals surface area contributed by atoms with Crippen molar-refractivity contribution in [1.82, 2.24) is 25.1 Å². The smallest absolute Gasteiger partial charge is 0.333 e. The quantitative estimate of drug-likeness (QED) is 0.494. The maximum atomic E-state index is 13.0. The number of nitrogens with zero attached hydrogens (tertiary/aromatic N) is 4. The molecule has 1 aliphatic rings. The number of hydrogen-bond acceptors (Lipinski definition) is 5. The molecule has 10 heteroatoms. The van der Waals surface area contributed by atoms with Crippen LogP contribution in [0.5, 0.6) is 0 Å². The molecule has 2 aromatic rings. The summed E-state index contributed by atoms with van der Waals surface area (Å²) >= 11 is 0. The molecule has 2 heterocycles. The van der Waals surface area contributed by atoms with Gasteiger partial charge in [0.05, 0.1) is 13.2 Å². The molecule has 1 aromatic carbocycles. The number of rotatable bonds is 9. The van der Waals surface area contributed by atoms with Gasteiger partial charge in [-0.15, -0.1) is 10.2 Å². The number of amides is 1. The third kappa shape index (κ3) is 5.79. The van der Waals surface area contributed by atoms with Crippen molar-refractivity contribution in [2.45, 2.75) is 57.9 Å². The lowest BCUT2D eigenvalue weighted by molar-refractivity contribution is -0.148. The van der Waals surface area contributed by atoms with Gasteiger partial charge in [-0.2, -0.15) is 18.7 Å². The van der Waals surface area contributed by atoms with E-state index in [1.54, 1.807) is 0 Å². The van der Waals surface area contributed by atoms with Crippen molar-refractivity contribution < 1.29 is 22.8 Å². The van der Waals surface area contributed by atoms with Crippen LogP contribution >= 0.6 is 0 Å². The highest BCUT2D eigenvalue weighted by Gasteiger charge is 2.40. The maximum Gasteiger partial charge on any atom is 0.451 e. The number of hydrogen-bond donors (Lipinski definition) is 1. The monoisotopic (exact) mass is 425 g/mol. The van der Waals surface area contributed by atoms with Crippen LogP contribution in [0, 0.1) is 0 Å². The van der Waals surface area contributed by atoms with Crippen molar-refractivity contribution in [3.05, 3.63) is 47.5 Å². The van der Waals surface area contributed by atoms with Gasteiger partial charge in [0, 0.05) is 25.6 Å². The Bertz CT molecular complexity index is 826. The Kier molecular flexibility index (Phi) is 7.43. The summed E-state index contributed by atoms with van der Waals surface area (Å²) in [5, 5.41) is 6.89. The second kappa shape index (κ2) is 10.0. The zero-order valence-electron chi connectivity index (χ0n) is 16.9. The summed E-state index contributed by atoms with van der Waals surface area (Å²) in [6.45, 7) is 2.82. The van der Waals surface area contributed by atoms with Crippen LogP contribution in [0.2, 0.25) is 0 Å². The summed E-state index contributed by atoms with van der Waals surface area (Å²) in [7, 11) is 0. The van der Waals surface area contributed by atoms with E-state index < -0.39 is 12.0 Å². The van der Waals surface area contributed by atoms with Gasteiger partial charge in [-0.3, -0.25) is 4.79 Å². The van der Waals surface area contributed by atoms with E-state index in [1.165, 1.54) is 4.90 Å². The Morgan fingerprint density at radius 2 is 2.00 bits per heavy atom. The van der Waals surface area contributed by atoms with Crippen molar-refractivity contribution in [3.63, 3.8) is 0 Å². The molecule has 1 atom stereocenters. The van der Waals surface area contributed by atoms with E-state index >= 15 is 0 Å². The fourth-order valence-electron chi connectivity index (χ4n) is 3.37. The first-order valence-electron chi connectivity index (χ1n) is 10.1. The number of aromatic nitrogens is 3. The molecule has 0 radical (unpaired) electrons. The summed E-state index contributed by atoms with van der Waals surface area (Å²) in [6.07, 6.45) is -1.89. The number of halogens is 3. The molecule has 0 saturated heterocycles. The third-order valence-electron chi connectivity index (χ3n) is 4.96. The maximum absolute atomic E-state index is 13.0. The molecular formula is C20H26F3N5O2. The Hall–Kier alpha value is -2.46. The minimum Gasteiger partial charge on any atom is -0.333 e. The van der Waals surface area contributed by atoms with Crippen molar-refractivity contribution in [2.24, 2.45) is 0 Å². The van der Waals surface area contributed by atoms with Gasteiger partial charge >= 0.3 is 6.18 Å². The highest BCUT2D eigenvalue weighted by molar-refractivity contribution is 5.77. The SMILES string of the molecule is CCCCON[C@@H](CC(=O)N1CCn2c(nnc2C(F)(F)F)C1)Cc1ccccc1. The molecule has 0 spiro atoms. The fourth-order valence-corrected chi connectivity index (χ4v) is 3.37. The molecule has 30 heavy (non-hydrogen) atoms. The van der Waals surface area contributed by atoms with E-state index in [0.29, 0.717) is 13.0 Å². The number of fused-ring (bicyclic) bond motifs is 1. The first-order valence-corrected chi connectivity index (χ1v) is 10.1.